The Bertz CT molecular complexity index is 1410. The van der Waals surface area contributed by atoms with Gasteiger partial charge in [0.05, 0.1) is 17.9 Å². The number of amides is 1. The normalized spacial score (nSPS) is 19.9. The van der Waals surface area contributed by atoms with Gasteiger partial charge < -0.3 is 19.1 Å². The molecular formula is C26H30FN3O7S. The fourth-order valence-electron chi connectivity index (χ4n) is 5.67. The van der Waals surface area contributed by atoms with Gasteiger partial charge in [-0.25, -0.2) is 4.39 Å². The first-order valence-corrected chi connectivity index (χ1v) is 14.1. The Morgan fingerprint density at radius 1 is 1.13 bits per heavy atom. The molecule has 3 aromatic rings. The quantitative estimate of drug-likeness (QED) is 0.348. The average molecular weight is 548 g/mol. The number of benzene rings is 2. The van der Waals surface area contributed by atoms with Crippen molar-refractivity contribution >= 4 is 33.0 Å². The smallest absolute Gasteiger partial charge is 0.372 e. The Hall–Kier alpha value is -2.90. The molecule has 204 valence electrons. The van der Waals surface area contributed by atoms with Crippen LogP contribution in [0.15, 0.2) is 40.9 Å². The van der Waals surface area contributed by atoms with Gasteiger partial charge in [0, 0.05) is 42.5 Å². The zero-order valence-corrected chi connectivity index (χ0v) is 21.6. The Kier molecular flexibility index (Phi) is 7.78. The summed E-state index contributed by atoms with van der Waals surface area (Å²) in [6, 6.07) is 11.0. The van der Waals surface area contributed by atoms with Crippen LogP contribution in [0.2, 0.25) is 0 Å². The number of likely N-dealkylation sites (tertiary alicyclic amines) is 1. The van der Waals surface area contributed by atoms with E-state index < -0.39 is 10.4 Å². The molecule has 3 aliphatic heterocycles. The lowest BCUT2D eigenvalue weighted by Gasteiger charge is -2.31. The molecule has 10 nitrogen and oxygen atoms in total. The SMILES string of the molecule is O=C1CCc2cccc3c2N1CC3OCCCN1CCC(c2noc3cc(F)ccc23)CC1.O=S(=O)(O)O. The minimum Gasteiger partial charge on any atom is -0.372 e. The number of aromatic nitrogens is 1. The maximum absolute atomic E-state index is 13.4. The third-order valence-corrected chi connectivity index (χ3v) is 7.40. The number of hydrogen-bond donors (Lipinski definition) is 2. The number of para-hydroxylation sites is 1. The number of aryl methyl sites for hydroxylation is 1. The lowest BCUT2D eigenvalue weighted by Crippen LogP contribution is -2.34. The second-order valence-corrected chi connectivity index (χ2v) is 10.7. The van der Waals surface area contributed by atoms with Crippen molar-refractivity contribution in [1.29, 1.82) is 0 Å². The maximum Gasteiger partial charge on any atom is 0.394 e. The summed E-state index contributed by atoms with van der Waals surface area (Å²) in [4.78, 5) is 16.7. The Balaban J connectivity index is 0.000000540. The molecule has 1 fully saturated rings. The molecule has 1 saturated heterocycles. The van der Waals surface area contributed by atoms with Crippen LogP contribution in [0.3, 0.4) is 0 Å². The summed E-state index contributed by atoms with van der Waals surface area (Å²) >= 11 is 0. The minimum atomic E-state index is -4.67. The van der Waals surface area contributed by atoms with Crippen LogP contribution >= 0.6 is 0 Å². The number of carbonyl (C=O) groups is 1. The van der Waals surface area contributed by atoms with E-state index in [1.165, 1.54) is 23.3 Å². The molecule has 3 aliphatic rings. The highest BCUT2D eigenvalue weighted by atomic mass is 32.3. The lowest BCUT2D eigenvalue weighted by atomic mass is 9.91. The molecule has 0 spiro atoms. The molecule has 4 heterocycles. The van der Waals surface area contributed by atoms with Gasteiger partial charge in [0.15, 0.2) is 5.58 Å². The number of nitrogens with zero attached hydrogens (tertiary/aromatic N) is 3. The third-order valence-electron chi connectivity index (χ3n) is 7.40. The first-order valence-electron chi connectivity index (χ1n) is 12.7. The number of ether oxygens (including phenoxy) is 1. The Labute approximate surface area is 219 Å². The van der Waals surface area contributed by atoms with Crippen molar-refractivity contribution in [2.24, 2.45) is 0 Å². The number of hydrogen-bond acceptors (Lipinski definition) is 7. The van der Waals surface area contributed by atoms with Gasteiger partial charge in [-0.1, -0.05) is 23.4 Å². The second kappa shape index (κ2) is 11.1. The molecule has 6 rings (SSSR count). The number of rotatable bonds is 6. The zero-order chi connectivity index (χ0) is 26.9. The summed E-state index contributed by atoms with van der Waals surface area (Å²) in [5, 5.41) is 5.17. The van der Waals surface area contributed by atoms with Crippen LogP contribution in [-0.4, -0.2) is 66.3 Å². The van der Waals surface area contributed by atoms with E-state index in [4.69, 9.17) is 26.8 Å². The monoisotopic (exact) mass is 547 g/mol. The molecule has 1 amide bonds. The van der Waals surface area contributed by atoms with E-state index in [0.717, 1.165) is 62.1 Å². The minimum absolute atomic E-state index is 0.0157. The summed E-state index contributed by atoms with van der Waals surface area (Å²) in [5.41, 5.74) is 5.03. The van der Waals surface area contributed by atoms with Crippen molar-refractivity contribution in [1.82, 2.24) is 10.1 Å². The van der Waals surface area contributed by atoms with Gasteiger partial charge in [-0.2, -0.15) is 8.42 Å². The lowest BCUT2D eigenvalue weighted by molar-refractivity contribution is -0.119. The van der Waals surface area contributed by atoms with E-state index >= 15 is 0 Å². The summed E-state index contributed by atoms with van der Waals surface area (Å²) < 4.78 is 56.6. The highest BCUT2D eigenvalue weighted by molar-refractivity contribution is 7.79. The molecule has 38 heavy (non-hydrogen) atoms. The van der Waals surface area contributed by atoms with Crippen molar-refractivity contribution < 1.29 is 36.0 Å². The van der Waals surface area contributed by atoms with Crippen molar-refractivity contribution in [2.45, 2.75) is 44.1 Å². The van der Waals surface area contributed by atoms with E-state index in [-0.39, 0.29) is 17.8 Å². The van der Waals surface area contributed by atoms with E-state index in [1.807, 2.05) is 4.90 Å². The number of fused-ring (bicyclic) bond motifs is 1. The Morgan fingerprint density at radius 2 is 1.89 bits per heavy atom. The number of piperidine rings is 1. The zero-order valence-electron chi connectivity index (χ0n) is 20.8. The predicted octanol–water partition coefficient (Wildman–Crippen LogP) is 3.93. The molecule has 2 N–H and O–H groups in total. The van der Waals surface area contributed by atoms with Crippen LogP contribution in [0, 0.1) is 5.82 Å². The van der Waals surface area contributed by atoms with Crippen LogP contribution in [0.4, 0.5) is 10.1 Å². The van der Waals surface area contributed by atoms with Crippen LogP contribution in [-0.2, 0) is 26.4 Å². The van der Waals surface area contributed by atoms with E-state index in [1.54, 1.807) is 6.07 Å². The maximum atomic E-state index is 13.4. The predicted molar refractivity (Wildman–Crippen MR) is 137 cm³/mol. The topological polar surface area (TPSA) is 133 Å². The standard InChI is InChI=1S/C26H28FN3O3.H2O4S/c27-19-6-7-20-22(15-19)33-28-25(20)17-9-12-29(13-10-17)11-2-14-32-23-16-30-24(31)8-5-18-3-1-4-21(23)26(18)30;1-5(2,3)4/h1,3-4,6-7,15,17,23H,2,5,8-14,16H2;(H2,1,2,3,4). The molecule has 2 aromatic carbocycles. The van der Waals surface area contributed by atoms with Gasteiger partial charge >= 0.3 is 10.4 Å². The first kappa shape index (κ1) is 26.7. The molecule has 12 heteroatoms. The van der Waals surface area contributed by atoms with Crippen LogP contribution in [0.5, 0.6) is 0 Å². The van der Waals surface area contributed by atoms with Crippen LogP contribution in [0.1, 0.15) is 54.5 Å². The van der Waals surface area contributed by atoms with Gasteiger partial charge in [-0.15, -0.1) is 0 Å². The fraction of sp³-hybridized carbons (Fsp3) is 0.462. The van der Waals surface area contributed by atoms with Gasteiger partial charge in [0.1, 0.15) is 11.9 Å². The second-order valence-electron chi connectivity index (χ2n) is 9.84. The molecule has 1 unspecified atom stereocenters. The van der Waals surface area contributed by atoms with Crippen molar-refractivity contribution in [3.63, 3.8) is 0 Å². The number of carbonyl (C=O) groups excluding carboxylic acids is 1. The molecule has 1 aromatic heterocycles. The van der Waals surface area contributed by atoms with Crippen molar-refractivity contribution in [3.8, 4) is 0 Å². The van der Waals surface area contributed by atoms with E-state index in [0.29, 0.717) is 31.1 Å². The summed E-state index contributed by atoms with van der Waals surface area (Å²) in [6.07, 6.45) is 4.43. The highest BCUT2D eigenvalue weighted by Crippen LogP contribution is 2.42. The van der Waals surface area contributed by atoms with Crippen molar-refractivity contribution in [2.75, 3.05) is 37.7 Å². The fourth-order valence-corrected chi connectivity index (χ4v) is 5.67. The van der Waals surface area contributed by atoms with Crippen LogP contribution < -0.4 is 4.90 Å². The molecule has 0 radical (unpaired) electrons. The number of halogens is 1. The van der Waals surface area contributed by atoms with Gasteiger partial charge in [0.25, 0.3) is 0 Å². The molecule has 0 aliphatic carbocycles. The Morgan fingerprint density at radius 3 is 2.66 bits per heavy atom. The number of anilines is 1. The molecule has 1 atom stereocenters. The largest absolute Gasteiger partial charge is 0.394 e. The molecular weight excluding hydrogens is 517 g/mol. The summed E-state index contributed by atoms with van der Waals surface area (Å²) in [7, 11) is -4.67. The van der Waals surface area contributed by atoms with E-state index in [9.17, 15) is 9.18 Å². The third kappa shape index (κ3) is 6.05. The van der Waals surface area contributed by atoms with Gasteiger partial charge in [0.2, 0.25) is 5.91 Å². The van der Waals surface area contributed by atoms with Crippen LogP contribution in [0.25, 0.3) is 11.0 Å². The van der Waals surface area contributed by atoms with Gasteiger partial charge in [-0.3, -0.25) is 13.9 Å². The van der Waals surface area contributed by atoms with Crippen molar-refractivity contribution in [3.05, 3.63) is 59.0 Å². The average Bonchev–Trinajstić information content (AvgIpc) is 3.46. The molecule has 0 saturated carbocycles. The highest BCUT2D eigenvalue weighted by Gasteiger charge is 2.37. The summed E-state index contributed by atoms with van der Waals surface area (Å²) in [6.45, 7) is 4.36. The first-order chi connectivity index (χ1) is 18.2. The molecule has 0 bridgehead atoms. The van der Waals surface area contributed by atoms with Gasteiger partial charge in [-0.05, 0) is 56.5 Å². The summed E-state index contributed by atoms with van der Waals surface area (Å²) in [5.74, 6) is 0.274. The van der Waals surface area contributed by atoms with E-state index in [2.05, 4.69) is 28.3 Å².